The molecule has 0 fully saturated rings. The van der Waals surface area contributed by atoms with Crippen molar-refractivity contribution in [3.8, 4) is 0 Å². The summed E-state index contributed by atoms with van der Waals surface area (Å²) in [6, 6.07) is 14.3. The molecule has 0 saturated carbocycles. The van der Waals surface area contributed by atoms with Crippen LogP contribution >= 0.6 is 35.1 Å². The summed E-state index contributed by atoms with van der Waals surface area (Å²) in [7, 11) is 0. The van der Waals surface area contributed by atoms with Gasteiger partial charge in [-0.15, -0.1) is 23.5 Å². The van der Waals surface area contributed by atoms with Gasteiger partial charge in [0.1, 0.15) is 0 Å². The second kappa shape index (κ2) is 10.0. The Hall–Kier alpha value is -1.10. The fraction of sp³-hybridized carbons (Fsp3) is 0.316. The third-order valence-electron chi connectivity index (χ3n) is 3.29. The molecular formula is C19H22ClNOS2. The molecule has 24 heavy (non-hydrogen) atoms. The van der Waals surface area contributed by atoms with Crippen LogP contribution in [0.1, 0.15) is 16.7 Å². The number of aryl methyl sites for hydroxylation is 2. The van der Waals surface area contributed by atoms with Crippen molar-refractivity contribution in [1.82, 2.24) is 5.32 Å². The van der Waals surface area contributed by atoms with E-state index >= 15 is 0 Å². The number of benzene rings is 2. The molecule has 2 rings (SSSR count). The van der Waals surface area contributed by atoms with Gasteiger partial charge in [-0.2, -0.15) is 0 Å². The zero-order valence-electron chi connectivity index (χ0n) is 14.0. The first-order valence-electron chi connectivity index (χ1n) is 7.83. The number of hydrogen-bond acceptors (Lipinski definition) is 3. The van der Waals surface area contributed by atoms with Crippen molar-refractivity contribution in [3.63, 3.8) is 0 Å². The summed E-state index contributed by atoms with van der Waals surface area (Å²) >= 11 is 9.23. The Balaban J connectivity index is 1.60. The molecule has 0 spiro atoms. The second-order valence-electron chi connectivity index (χ2n) is 5.64. The fourth-order valence-electron chi connectivity index (χ4n) is 2.36. The molecule has 5 heteroatoms. The maximum Gasteiger partial charge on any atom is 0.230 e. The maximum atomic E-state index is 11.9. The van der Waals surface area contributed by atoms with Gasteiger partial charge in [0.15, 0.2) is 0 Å². The molecule has 0 atom stereocenters. The van der Waals surface area contributed by atoms with Crippen LogP contribution in [-0.4, -0.2) is 24.0 Å². The average molecular weight is 380 g/mol. The van der Waals surface area contributed by atoms with Crippen molar-refractivity contribution in [2.45, 2.75) is 24.5 Å². The van der Waals surface area contributed by atoms with Gasteiger partial charge in [-0.1, -0.05) is 40.9 Å². The predicted molar refractivity (Wildman–Crippen MR) is 107 cm³/mol. The molecule has 0 aromatic heterocycles. The molecule has 2 nitrogen and oxygen atoms in total. The van der Waals surface area contributed by atoms with E-state index in [1.165, 1.54) is 16.7 Å². The fourth-order valence-corrected chi connectivity index (χ4v) is 4.04. The third kappa shape index (κ3) is 7.20. The van der Waals surface area contributed by atoms with E-state index < -0.39 is 0 Å². The van der Waals surface area contributed by atoms with Crippen LogP contribution in [0.4, 0.5) is 0 Å². The first kappa shape index (κ1) is 19.2. The molecule has 0 radical (unpaired) electrons. The minimum absolute atomic E-state index is 0.0982. The molecule has 0 aliphatic carbocycles. The van der Waals surface area contributed by atoms with E-state index in [1.807, 2.05) is 24.3 Å². The number of carbonyl (C=O) groups is 1. The van der Waals surface area contributed by atoms with Crippen molar-refractivity contribution in [2.75, 3.05) is 18.1 Å². The standard InChI is InChI=1S/C19H22ClNOS2/c1-14-9-15(2)11-16(10-14)12-23-13-19(22)21-7-8-24-18-5-3-17(20)4-6-18/h3-6,9-11H,7-8,12-13H2,1-2H3,(H,21,22). The van der Waals surface area contributed by atoms with Crippen LogP contribution in [0.25, 0.3) is 0 Å². The first-order chi connectivity index (χ1) is 11.5. The number of amides is 1. The Bertz CT molecular complexity index is 653. The smallest absolute Gasteiger partial charge is 0.230 e. The van der Waals surface area contributed by atoms with Gasteiger partial charge in [-0.05, 0) is 43.7 Å². The van der Waals surface area contributed by atoms with Crippen molar-refractivity contribution < 1.29 is 4.79 Å². The normalized spacial score (nSPS) is 10.6. The number of rotatable bonds is 8. The monoisotopic (exact) mass is 379 g/mol. The Kier molecular flexibility index (Phi) is 8.03. The lowest BCUT2D eigenvalue weighted by atomic mass is 10.1. The van der Waals surface area contributed by atoms with E-state index in [2.05, 4.69) is 37.4 Å². The van der Waals surface area contributed by atoms with Gasteiger partial charge in [0, 0.05) is 28.0 Å². The van der Waals surface area contributed by atoms with Crippen LogP contribution < -0.4 is 5.32 Å². The summed E-state index contributed by atoms with van der Waals surface area (Å²) in [6.45, 7) is 4.88. The van der Waals surface area contributed by atoms with Gasteiger partial charge in [0.2, 0.25) is 5.91 Å². The number of halogens is 1. The van der Waals surface area contributed by atoms with E-state index in [0.29, 0.717) is 12.3 Å². The molecule has 0 aliphatic heterocycles. The molecule has 0 bridgehead atoms. The van der Waals surface area contributed by atoms with Gasteiger partial charge >= 0.3 is 0 Å². The second-order valence-corrected chi connectivity index (χ2v) is 8.23. The minimum Gasteiger partial charge on any atom is -0.355 e. The van der Waals surface area contributed by atoms with Crippen molar-refractivity contribution in [3.05, 3.63) is 64.2 Å². The molecule has 1 amide bonds. The zero-order valence-corrected chi connectivity index (χ0v) is 16.4. The van der Waals surface area contributed by atoms with E-state index in [1.54, 1.807) is 23.5 Å². The number of nitrogens with one attached hydrogen (secondary N) is 1. The molecule has 2 aromatic carbocycles. The van der Waals surface area contributed by atoms with E-state index in [4.69, 9.17) is 11.6 Å². The van der Waals surface area contributed by atoms with Crippen molar-refractivity contribution in [2.24, 2.45) is 0 Å². The van der Waals surface area contributed by atoms with Crippen LogP contribution in [0.3, 0.4) is 0 Å². The van der Waals surface area contributed by atoms with Crippen molar-refractivity contribution >= 4 is 41.0 Å². The maximum absolute atomic E-state index is 11.9. The molecular weight excluding hydrogens is 358 g/mol. The summed E-state index contributed by atoms with van der Waals surface area (Å²) < 4.78 is 0. The number of thioether (sulfide) groups is 2. The Morgan fingerprint density at radius 2 is 1.75 bits per heavy atom. The summed E-state index contributed by atoms with van der Waals surface area (Å²) in [4.78, 5) is 13.0. The first-order valence-corrected chi connectivity index (χ1v) is 10.3. The van der Waals surface area contributed by atoms with Crippen LogP contribution in [0.2, 0.25) is 5.02 Å². The number of hydrogen-bond donors (Lipinski definition) is 1. The highest BCUT2D eigenvalue weighted by Crippen LogP contribution is 2.19. The molecule has 0 aliphatic rings. The lowest BCUT2D eigenvalue weighted by molar-refractivity contribution is -0.118. The summed E-state index contributed by atoms with van der Waals surface area (Å²) in [6.07, 6.45) is 0. The number of carbonyl (C=O) groups excluding carboxylic acids is 1. The Morgan fingerprint density at radius 1 is 1.08 bits per heavy atom. The summed E-state index contributed by atoms with van der Waals surface area (Å²) in [5, 5.41) is 3.71. The molecule has 0 saturated heterocycles. The molecule has 128 valence electrons. The Labute approximate surface area is 157 Å². The molecule has 2 aromatic rings. The van der Waals surface area contributed by atoms with Crippen LogP contribution in [0.15, 0.2) is 47.4 Å². The van der Waals surface area contributed by atoms with Crippen molar-refractivity contribution in [1.29, 1.82) is 0 Å². The highest BCUT2D eigenvalue weighted by atomic mass is 35.5. The highest BCUT2D eigenvalue weighted by Gasteiger charge is 2.03. The summed E-state index contributed by atoms with van der Waals surface area (Å²) in [5.41, 5.74) is 3.83. The zero-order chi connectivity index (χ0) is 17.4. The van der Waals surface area contributed by atoms with Crippen LogP contribution in [0.5, 0.6) is 0 Å². The largest absolute Gasteiger partial charge is 0.355 e. The lowest BCUT2D eigenvalue weighted by Gasteiger charge is -2.07. The van der Waals surface area contributed by atoms with Gasteiger partial charge in [-0.3, -0.25) is 4.79 Å². The topological polar surface area (TPSA) is 29.1 Å². The van der Waals surface area contributed by atoms with Crippen LogP contribution in [-0.2, 0) is 10.5 Å². The molecule has 0 unspecified atom stereocenters. The third-order valence-corrected chi connectivity index (χ3v) is 5.56. The SMILES string of the molecule is Cc1cc(C)cc(CSCC(=O)NCCSc2ccc(Cl)cc2)c1. The Morgan fingerprint density at radius 3 is 2.42 bits per heavy atom. The van der Waals surface area contributed by atoms with Gasteiger partial charge in [0.25, 0.3) is 0 Å². The van der Waals surface area contributed by atoms with Crippen LogP contribution in [0, 0.1) is 13.8 Å². The van der Waals surface area contributed by atoms with E-state index in [9.17, 15) is 4.79 Å². The highest BCUT2D eigenvalue weighted by molar-refractivity contribution is 7.99. The summed E-state index contributed by atoms with van der Waals surface area (Å²) in [5.74, 6) is 2.32. The predicted octanol–water partition coefficient (Wildman–Crippen LogP) is 5.10. The van der Waals surface area contributed by atoms with Gasteiger partial charge in [-0.25, -0.2) is 0 Å². The quantitative estimate of drug-likeness (QED) is 0.511. The molecule has 0 heterocycles. The lowest BCUT2D eigenvalue weighted by Crippen LogP contribution is -2.27. The van der Waals surface area contributed by atoms with E-state index in [0.717, 1.165) is 21.4 Å². The van der Waals surface area contributed by atoms with Gasteiger partial charge in [0.05, 0.1) is 5.75 Å². The van der Waals surface area contributed by atoms with E-state index in [-0.39, 0.29) is 5.91 Å². The van der Waals surface area contributed by atoms with Gasteiger partial charge < -0.3 is 5.32 Å². The average Bonchev–Trinajstić information content (AvgIpc) is 2.52. The minimum atomic E-state index is 0.0982. The molecule has 1 N–H and O–H groups in total.